The second kappa shape index (κ2) is 37.4. The smallest absolute Gasteiger partial charge is 0.303 e. The third kappa shape index (κ3) is 43.5. The van der Waals surface area contributed by atoms with Crippen LogP contribution in [-0.4, -0.2) is 23.7 Å². The summed E-state index contributed by atoms with van der Waals surface area (Å²) in [5.41, 5.74) is 0. The molecule has 0 unspecified atom stereocenters. The number of hydrogen-bond acceptors (Lipinski definition) is 3. The van der Waals surface area contributed by atoms with Crippen molar-refractivity contribution in [2.45, 2.75) is 188 Å². The molecule has 0 aliphatic heterocycles. The fourth-order valence-electron chi connectivity index (χ4n) is 4.53. The molecule has 4 nitrogen and oxygen atoms in total. The van der Waals surface area contributed by atoms with Crippen LogP contribution in [0.3, 0.4) is 0 Å². The Labute approximate surface area is 249 Å². The van der Waals surface area contributed by atoms with E-state index < -0.39 is 5.97 Å². The number of allylic oxidation sites excluding steroid dienone is 4. The third-order valence-corrected chi connectivity index (χ3v) is 7.11. The highest BCUT2D eigenvalue weighted by Gasteiger charge is 1.97. The summed E-state index contributed by atoms with van der Waals surface area (Å²) in [5, 5.41) is 8.51. The van der Waals surface area contributed by atoms with Crippen molar-refractivity contribution in [1.82, 2.24) is 0 Å². The predicted molar refractivity (Wildman–Crippen MR) is 174 cm³/mol. The molecule has 0 aromatic carbocycles. The Morgan fingerprint density at radius 3 is 1.18 bits per heavy atom. The minimum Gasteiger partial charge on any atom is -0.481 e. The van der Waals surface area contributed by atoms with E-state index in [2.05, 4.69) is 38.2 Å². The number of carbonyl (C=O) groups is 2. The zero-order valence-electron chi connectivity index (χ0n) is 27.1. The zero-order chi connectivity index (χ0) is 29.8. The van der Waals surface area contributed by atoms with Crippen molar-refractivity contribution in [3.05, 3.63) is 24.3 Å². The molecule has 0 saturated carbocycles. The SMILES string of the molecule is CCCC/C=C/CCCCCCCCCCCC(=O)O.CCCC/C=C/CCCCCCCCCCOC(C)=O. The lowest BCUT2D eigenvalue weighted by molar-refractivity contribution is -0.141. The number of aliphatic carboxylic acids is 1. The van der Waals surface area contributed by atoms with Crippen molar-refractivity contribution in [3.63, 3.8) is 0 Å². The minimum atomic E-state index is -0.659. The summed E-state index contributed by atoms with van der Waals surface area (Å²) in [6.45, 7) is 6.54. The van der Waals surface area contributed by atoms with E-state index in [1.807, 2.05) is 0 Å². The number of carbonyl (C=O) groups excluding carboxylic acids is 1. The molecule has 40 heavy (non-hydrogen) atoms. The molecule has 0 radical (unpaired) electrons. The van der Waals surface area contributed by atoms with Gasteiger partial charge in [-0.15, -0.1) is 0 Å². The summed E-state index contributed by atoms with van der Waals surface area (Å²) in [4.78, 5) is 20.9. The van der Waals surface area contributed by atoms with Crippen molar-refractivity contribution in [2.24, 2.45) is 0 Å². The first-order chi connectivity index (χ1) is 19.5. The average Bonchev–Trinajstić information content (AvgIpc) is 2.93. The molecule has 0 saturated heterocycles. The van der Waals surface area contributed by atoms with Gasteiger partial charge in [-0.2, -0.15) is 0 Å². The predicted octanol–water partition coefficient (Wildman–Crippen LogP) is 11.9. The van der Waals surface area contributed by atoms with Gasteiger partial charge in [0.05, 0.1) is 6.61 Å². The Balaban J connectivity index is 0. The van der Waals surface area contributed by atoms with Crippen LogP contribution in [0.4, 0.5) is 0 Å². The number of rotatable bonds is 29. The van der Waals surface area contributed by atoms with Crippen LogP contribution in [0.15, 0.2) is 24.3 Å². The van der Waals surface area contributed by atoms with E-state index in [9.17, 15) is 9.59 Å². The van der Waals surface area contributed by atoms with E-state index in [0.29, 0.717) is 13.0 Å². The lowest BCUT2D eigenvalue weighted by atomic mass is 10.1. The molecule has 236 valence electrons. The fourth-order valence-corrected chi connectivity index (χ4v) is 4.53. The maximum absolute atomic E-state index is 10.6. The van der Waals surface area contributed by atoms with Gasteiger partial charge in [-0.25, -0.2) is 0 Å². The van der Waals surface area contributed by atoms with Crippen LogP contribution < -0.4 is 0 Å². The van der Waals surface area contributed by atoms with Crippen molar-refractivity contribution in [3.8, 4) is 0 Å². The van der Waals surface area contributed by atoms with Gasteiger partial charge in [-0.3, -0.25) is 9.59 Å². The molecule has 4 heteroatoms. The van der Waals surface area contributed by atoms with Gasteiger partial charge in [-0.1, -0.05) is 147 Å². The summed E-state index contributed by atoms with van der Waals surface area (Å²) in [6, 6.07) is 0. The van der Waals surface area contributed by atoms with Crippen molar-refractivity contribution < 1.29 is 19.4 Å². The van der Waals surface area contributed by atoms with E-state index in [0.717, 1.165) is 19.3 Å². The van der Waals surface area contributed by atoms with Gasteiger partial charge in [0.15, 0.2) is 0 Å². The summed E-state index contributed by atoms with van der Waals surface area (Å²) >= 11 is 0. The largest absolute Gasteiger partial charge is 0.481 e. The van der Waals surface area contributed by atoms with Crippen LogP contribution in [0.5, 0.6) is 0 Å². The Bertz CT molecular complexity index is 517. The van der Waals surface area contributed by atoms with Gasteiger partial charge in [0.2, 0.25) is 0 Å². The Morgan fingerprint density at radius 2 is 0.825 bits per heavy atom. The molecule has 0 atom stereocenters. The van der Waals surface area contributed by atoms with Crippen molar-refractivity contribution in [1.29, 1.82) is 0 Å². The number of carboxylic acids is 1. The molecule has 0 rings (SSSR count). The highest BCUT2D eigenvalue weighted by Crippen LogP contribution is 2.12. The molecule has 0 amide bonds. The van der Waals surface area contributed by atoms with Crippen LogP contribution >= 0.6 is 0 Å². The molecule has 1 N–H and O–H groups in total. The topological polar surface area (TPSA) is 63.6 Å². The average molecular weight is 565 g/mol. The fraction of sp³-hybridized carbons (Fsp3) is 0.833. The molecule has 0 aliphatic rings. The number of ether oxygens (including phenoxy) is 1. The quantitative estimate of drug-likeness (QED) is 0.0557. The summed E-state index contributed by atoms with van der Waals surface area (Å²) < 4.78 is 4.90. The molecule has 0 heterocycles. The highest BCUT2D eigenvalue weighted by atomic mass is 16.5. The molecule has 0 aromatic heterocycles. The second-order valence-electron chi connectivity index (χ2n) is 11.3. The first-order valence-electron chi connectivity index (χ1n) is 17.2. The van der Waals surface area contributed by atoms with E-state index in [4.69, 9.17) is 9.84 Å². The molecule has 0 aromatic rings. The molecule has 0 aliphatic carbocycles. The van der Waals surface area contributed by atoms with E-state index >= 15 is 0 Å². The van der Waals surface area contributed by atoms with Gasteiger partial charge >= 0.3 is 11.9 Å². The lowest BCUT2D eigenvalue weighted by Crippen LogP contribution is -2.00. The van der Waals surface area contributed by atoms with Crippen LogP contribution in [0.25, 0.3) is 0 Å². The third-order valence-electron chi connectivity index (χ3n) is 7.11. The zero-order valence-corrected chi connectivity index (χ0v) is 27.1. The van der Waals surface area contributed by atoms with Gasteiger partial charge in [0, 0.05) is 13.3 Å². The number of esters is 1. The van der Waals surface area contributed by atoms with Crippen LogP contribution in [0.2, 0.25) is 0 Å². The number of carboxylic acid groups (broad SMARTS) is 1. The van der Waals surface area contributed by atoms with Crippen molar-refractivity contribution >= 4 is 11.9 Å². The molecular weight excluding hydrogens is 496 g/mol. The van der Waals surface area contributed by atoms with E-state index in [1.165, 1.54) is 148 Å². The van der Waals surface area contributed by atoms with Gasteiger partial charge < -0.3 is 9.84 Å². The highest BCUT2D eigenvalue weighted by molar-refractivity contribution is 5.66. The molecule has 0 bridgehead atoms. The first-order valence-corrected chi connectivity index (χ1v) is 17.2. The van der Waals surface area contributed by atoms with Gasteiger partial charge in [0.25, 0.3) is 0 Å². The Hall–Kier alpha value is -1.58. The lowest BCUT2D eigenvalue weighted by Gasteiger charge is -2.02. The van der Waals surface area contributed by atoms with Gasteiger partial charge in [-0.05, 0) is 51.4 Å². The minimum absolute atomic E-state index is 0.159. The number of unbranched alkanes of at least 4 members (excludes halogenated alkanes) is 21. The van der Waals surface area contributed by atoms with Crippen LogP contribution in [0.1, 0.15) is 188 Å². The van der Waals surface area contributed by atoms with Crippen LogP contribution in [-0.2, 0) is 14.3 Å². The van der Waals surface area contributed by atoms with E-state index in [-0.39, 0.29) is 5.97 Å². The monoisotopic (exact) mass is 565 g/mol. The summed E-state index contributed by atoms with van der Waals surface area (Å²) in [5.74, 6) is -0.817. The molecule has 0 spiro atoms. The maximum atomic E-state index is 10.6. The normalized spacial score (nSPS) is 11.2. The van der Waals surface area contributed by atoms with Crippen LogP contribution in [0, 0.1) is 0 Å². The molecule has 0 fully saturated rings. The summed E-state index contributed by atoms with van der Waals surface area (Å²) in [7, 11) is 0. The van der Waals surface area contributed by atoms with Crippen molar-refractivity contribution in [2.75, 3.05) is 6.61 Å². The first kappa shape index (κ1) is 40.6. The molecular formula is C36H68O4. The van der Waals surface area contributed by atoms with E-state index in [1.54, 1.807) is 0 Å². The standard InChI is InChI=1S/2C18H34O2/c1-3-4-5-6-7-8-9-10-11-12-13-14-15-16-17-20-18(2)19;1-2-3-4-5-6-7-8-9-10-11-12-13-14-15-16-17-18(19)20/h6-7H,3-5,8-17H2,1-2H3;5-6H,2-4,7-17H2,1H3,(H,19,20)/b7-6+;6-5+. The maximum Gasteiger partial charge on any atom is 0.303 e. The second-order valence-corrected chi connectivity index (χ2v) is 11.3. The van der Waals surface area contributed by atoms with Gasteiger partial charge in [0.1, 0.15) is 0 Å². The Morgan fingerprint density at radius 1 is 0.500 bits per heavy atom. The number of hydrogen-bond donors (Lipinski definition) is 1. The Kier molecular flexibility index (Phi) is 37.9. The summed E-state index contributed by atoms with van der Waals surface area (Å²) in [6.07, 6.45) is 41.3.